The zero-order chi connectivity index (χ0) is 34.9. The van der Waals surface area contributed by atoms with Crippen molar-refractivity contribution in [1.82, 2.24) is 0 Å². The van der Waals surface area contributed by atoms with Gasteiger partial charge >= 0.3 is 0 Å². The van der Waals surface area contributed by atoms with Crippen LogP contribution in [0.5, 0.6) is 0 Å². The van der Waals surface area contributed by atoms with Crippen LogP contribution in [0.4, 0.5) is 17.1 Å². The zero-order valence-electron chi connectivity index (χ0n) is 28.7. The van der Waals surface area contributed by atoms with E-state index in [2.05, 4.69) is 169 Å². The van der Waals surface area contributed by atoms with Crippen LogP contribution in [0.3, 0.4) is 0 Å². The molecule has 0 saturated carbocycles. The van der Waals surface area contributed by atoms with Gasteiger partial charge in [0.25, 0.3) is 0 Å². The van der Waals surface area contributed by atoms with E-state index in [-0.39, 0.29) is 0 Å². The Morgan fingerprint density at radius 2 is 0.792 bits per heavy atom. The van der Waals surface area contributed by atoms with Crippen molar-refractivity contribution >= 4 is 82.5 Å². The summed E-state index contributed by atoms with van der Waals surface area (Å²) in [5, 5.41) is 9.42. The highest BCUT2D eigenvalue weighted by atomic mass is 16.3. The first-order valence-electron chi connectivity index (χ1n) is 18.0. The minimum absolute atomic E-state index is 0.856. The molecule has 0 amide bonds. The molecular weight excluding hydrogens is 647 g/mol. The van der Waals surface area contributed by atoms with E-state index in [0.29, 0.717) is 0 Å². The maximum atomic E-state index is 6.35. The molecule has 248 valence electrons. The zero-order valence-corrected chi connectivity index (χ0v) is 28.7. The first-order chi connectivity index (χ1) is 26.2. The number of rotatable bonds is 5. The quantitative estimate of drug-likeness (QED) is 0.182. The Morgan fingerprint density at radius 3 is 1.49 bits per heavy atom. The van der Waals surface area contributed by atoms with Gasteiger partial charge in [0.1, 0.15) is 22.3 Å². The summed E-state index contributed by atoms with van der Waals surface area (Å²) in [6, 6.07) is 66.9. The molecule has 0 aliphatic heterocycles. The summed E-state index contributed by atoms with van der Waals surface area (Å²) in [5.74, 6) is 0. The van der Waals surface area contributed by atoms with Gasteiger partial charge in [-0.1, -0.05) is 115 Å². The van der Waals surface area contributed by atoms with E-state index in [1.54, 1.807) is 0 Å². The van der Waals surface area contributed by atoms with Crippen LogP contribution < -0.4 is 4.90 Å². The molecule has 3 heteroatoms. The summed E-state index contributed by atoms with van der Waals surface area (Å²) in [4.78, 5) is 2.28. The van der Waals surface area contributed by atoms with Crippen molar-refractivity contribution in [3.05, 3.63) is 188 Å². The number of benzene rings is 9. The van der Waals surface area contributed by atoms with Crippen LogP contribution in [0.25, 0.3) is 87.7 Å². The number of fused-ring (bicyclic) bond motifs is 8. The van der Waals surface area contributed by atoms with Gasteiger partial charge in [0.15, 0.2) is 0 Å². The molecule has 9 aromatic carbocycles. The molecule has 2 aromatic heterocycles. The Bertz CT molecular complexity index is 3070. The van der Waals surface area contributed by atoms with E-state index in [0.717, 1.165) is 66.5 Å². The fraction of sp³-hybridized carbons (Fsp3) is 0. The van der Waals surface area contributed by atoms with Crippen LogP contribution in [0.1, 0.15) is 0 Å². The topological polar surface area (TPSA) is 29.5 Å². The summed E-state index contributed by atoms with van der Waals surface area (Å²) in [7, 11) is 0. The summed E-state index contributed by atoms with van der Waals surface area (Å²) in [6.07, 6.45) is 0. The SMILES string of the molecule is c1ccc2cc(-c3cccc4cc(-c5ccc(N(c6ccc7c(c6)oc6ccccc67)c6ccc7c(c6)oc6ccccc67)cc5)ccc34)ccc2c1. The van der Waals surface area contributed by atoms with Gasteiger partial charge in [-0.05, 0) is 104 Å². The van der Waals surface area contributed by atoms with E-state index >= 15 is 0 Å². The number of hydrogen-bond acceptors (Lipinski definition) is 3. The lowest BCUT2D eigenvalue weighted by Gasteiger charge is -2.25. The molecule has 2 heterocycles. The van der Waals surface area contributed by atoms with E-state index in [1.807, 2.05) is 24.3 Å². The van der Waals surface area contributed by atoms with Crippen molar-refractivity contribution in [2.45, 2.75) is 0 Å². The van der Waals surface area contributed by atoms with Gasteiger partial charge in [-0.3, -0.25) is 0 Å². The fourth-order valence-corrected chi connectivity index (χ4v) is 8.03. The van der Waals surface area contributed by atoms with Crippen LogP contribution in [-0.4, -0.2) is 0 Å². The lowest BCUT2D eigenvalue weighted by molar-refractivity contribution is 0.669. The monoisotopic (exact) mass is 677 g/mol. The van der Waals surface area contributed by atoms with Crippen LogP contribution >= 0.6 is 0 Å². The molecule has 0 spiro atoms. The van der Waals surface area contributed by atoms with Crippen LogP contribution in [-0.2, 0) is 0 Å². The Kier molecular flexibility index (Phi) is 6.55. The van der Waals surface area contributed by atoms with Gasteiger partial charge in [0, 0.05) is 50.7 Å². The summed E-state index contributed by atoms with van der Waals surface area (Å²) < 4.78 is 12.7. The molecule has 11 rings (SSSR count). The van der Waals surface area contributed by atoms with Gasteiger partial charge in [-0.15, -0.1) is 0 Å². The lowest BCUT2D eigenvalue weighted by Crippen LogP contribution is -2.09. The average Bonchev–Trinajstić information content (AvgIpc) is 3.78. The third kappa shape index (κ3) is 4.90. The molecule has 0 aliphatic carbocycles. The lowest BCUT2D eigenvalue weighted by atomic mass is 9.94. The highest BCUT2D eigenvalue weighted by molar-refractivity contribution is 6.08. The van der Waals surface area contributed by atoms with E-state index in [1.165, 1.54) is 38.2 Å². The van der Waals surface area contributed by atoms with E-state index < -0.39 is 0 Å². The Balaban J connectivity index is 1.00. The van der Waals surface area contributed by atoms with Crippen molar-refractivity contribution in [2.75, 3.05) is 4.90 Å². The molecule has 0 bridgehead atoms. The summed E-state index contributed by atoms with van der Waals surface area (Å²) in [5.41, 5.74) is 11.4. The van der Waals surface area contributed by atoms with Crippen LogP contribution in [0.2, 0.25) is 0 Å². The van der Waals surface area contributed by atoms with Crippen molar-refractivity contribution in [3.63, 3.8) is 0 Å². The number of anilines is 3. The minimum Gasteiger partial charge on any atom is -0.456 e. The molecule has 0 fully saturated rings. The predicted molar refractivity (Wildman–Crippen MR) is 222 cm³/mol. The van der Waals surface area contributed by atoms with Crippen LogP contribution in [0, 0.1) is 0 Å². The molecule has 0 saturated heterocycles. The second-order valence-electron chi connectivity index (χ2n) is 13.7. The molecule has 0 atom stereocenters. The summed E-state index contributed by atoms with van der Waals surface area (Å²) in [6.45, 7) is 0. The predicted octanol–water partition coefficient (Wildman–Crippen LogP) is 14.6. The Labute approximate surface area is 305 Å². The van der Waals surface area contributed by atoms with E-state index in [9.17, 15) is 0 Å². The largest absolute Gasteiger partial charge is 0.456 e. The van der Waals surface area contributed by atoms with E-state index in [4.69, 9.17) is 8.83 Å². The Hall–Kier alpha value is -7.10. The molecule has 11 aromatic rings. The number of furan rings is 2. The second-order valence-corrected chi connectivity index (χ2v) is 13.7. The first-order valence-corrected chi connectivity index (χ1v) is 18.0. The molecule has 0 aliphatic rings. The highest BCUT2D eigenvalue weighted by Crippen LogP contribution is 2.42. The molecule has 0 N–H and O–H groups in total. The van der Waals surface area contributed by atoms with Gasteiger partial charge in [0.05, 0.1) is 0 Å². The van der Waals surface area contributed by atoms with Crippen molar-refractivity contribution < 1.29 is 8.83 Å². The average molecular weight is 678 g/mol. The number of nitrogens with zero attached hydrogens (tertiary/aromatic N) is 1. The maximum Gasteiger partial charge on any atom is 0.137 e. The van der Waals surface area contributed by atoms with Crippen molar-refractivity contribution in [1.29, 1.82) is 0 Å². The third-order valence-electron chi connectivity index (χ3n) is 10.6. The summed E-state index contributed by atoms with van der Waals surface area (Å²) >= 11 is 0. The van der Waals surface area contributed by atoms with Crippen LogP contribution in [0.15, 0.2) is 197 Å². The first kappa shape index (κ1) is 29.6. The second kappa shape index (κ2) is 11.7. The standard InChI is InChI=1S/C50H31NO2/c1-2-9-34-28-37(17-16-32(34)8-1)41-13-7-10-36-29-35(20-25-42(36)41)33-18-21-38(22-19-33)51(39-23-26-45-43-11-3-5-14-47(43)52-49(45)30-39)40-24-27-46-44-12-4-6-15-48(44)53-50(46)31-40/h1-31H. The van der Waals surface area contributed by atoms with Gasteiger partial charge < -0.3 is 13.7 Å². The number of para-hydroxylation sites is 2. The van der Waals surface area contributed by atoms with Gasteiger partial charge in [0.2, 0.25) is 0 Å². The normalized spacial score (nSPS) is 11.8. The third-order valence-corrected chi connectivity index (χ3v) is 10.6. The number of hydrogen-bond donors (Lipinski definition) is 0. The van der Waals surface area contributed by atoms with Crippen molar-refractivity contribution in [3.8, 4) is 22.3 Å². The molecule has 0 radical (unpaired) electrons. The van der Waals surface area contributed by atoms with Gasteiger partial charge in [-0.25, -0.2) is 0 Å². The Morgan fingerprint density at radius 1 is 0.283 bits per heavy atom. The highest BCUT2D eigenvalue weighted by Gasteiger charge is 2.18. The molecule has 3 nitrogen and oxygen atoms in total. The van der Waals surface area contributed by atoms with Crippen molar-refractivity contribution in [2.24, 2.45) is 0 Å². The molecule has 0 unspecified atom stereocenters. The maximum absolute atomic E-state index is 6.35. The minimum atomic E-state index is 0.856. The molecule has 53 heavy (non-hydrogen) atoms. The molecular formula is C50H31NO2. The van der Waals surface area contributed by atoms with Gasteiger partial charge in [-0.2, -0.15) is 0 Å². The smallest absolute Gasteiger partial charge is 0.137 e. The fourth-order valence-electron chi connectivity index (χ4n) is 8.03.